The van der Waals surface area contributed by atoms with E-state index in [2.05, 4.69) is 0 Å². The number of nitrogens with zero attached hydrogens (tertiary/aromatic N) is 1. The molecule has 5 heteroatoms. The molecule has 0 radical (unpaired) electrons. The van der Waals surface area contributed by atoms with E-state index in [1.165, 1.54) is 6.08 Å². The number of hydrogen-bond acceptors (Lipinski definition) is 4. The lowest BCUT2D eigenvalue weighted by Gasteiger charge is -2.14. The van der Waals surface area contributed by atoms with Gasteiger partial charge in [-0.2, -0.15) is 5.26 Å². The summed E-state index contributed by atoms with van der Waals surface area (Å²) in [7, 11) is 0. The van der Waals surface area contributed by atoms with Crippen LogP contribution in [0.15, 0.2) is 60.2 Å². The van der Waals surface area contributed by atoms with Gasteiger partial charge in [0.05, 0.1) is 0 Å². The van der Waals surface area contributed by atoms with Gasteiger partial charge in [0.2, 0.25) is 0 Å². The van der Waals surface area contributed by atoms with Crippen LogP contribution < -0.4 is 9.47 Å². The van der Waals surface area contributed by atoms with E-state index in [0.29, 0.717) is 17.9 Å². The van der Waals surface area contributed by atoms with Gasteiger partial charge in [-0.15, -0.1) is 0 Å². The Bertz CT molecular complexity index is 1110. The first kappa shape index (κ1) is 20.0. The van der Waals surface area contributed by atoms with Crippen molar-refractivity contribution in [1.29, 1.82) is 5.26 Å². The quantitative estimate of drug-likeness (QED) is 0.354. The van der Waals surface area contributed by atoms with E-state index in [1.807, 2.05) is 62.4 Å². The average molecular weight is 387 g/mol. The van der Waals surface area contributed by atoms with Crippen LogP contribution in [0.5, 0.6) is 11.5 Å². The number of benzene rings is 3. The molecule has 0 aliphatic carbocycles. The molecule has 3 aromatic rings. The summed E-state index contributed by atoms with van der Waals surface area (Å²) in [5.74, 6) is 0.0694. The summed E-state index contributed by atoms with van der Waals surface area (Å²) in [6, 6.07) is 18.9. The fourth-order valence-corrected chi connectivity index (χ4v) is 3.16. The Hall–Kier alpha value is -3.78. The summed E-state index contributed by atoms with van der Waals surface area (Å²) >= 11 is 0. The standard InChI is InChI=1S/C24H21NO4/c1-16-6-5-7-17(2)23(16)29-13-12-28-22-11-10-18-8-3-4-9-20(18)21(22)14-19(15-25)24(26)27/h3-11,14H,12-13H2,1-2H3,(H,26,27). The first-order valence-corrected chi connectivity index (χ1v) is 9.20. The Morgan fingerprint density at radius 1 is 1.00 bits per heavy atom. The number of aryl methyl sites for hydroxylation is 2. The smallest absolute Gasteiger partial charge is 0.346 e. The molecule has 0 fully saturated rings. The molecule has 3 aromatic carbocycles. The van der Waals surface area contributed by atoms with Crippen molar-refractivity contribution in [2.75, 3.05) is 13.2 Å². The van der Waals surface area contributed by atoms with E-state index in [4.69, 9.17) is 14.7 Å². The Balaban J connectivity index is 1.85. The first-order valence-electron chi connectivity index (χ1n) is 9.20. The zero-order valence-corrected chi connectivity index (χ0v) is 16.3. The Morgan fingerprint density at radius 3 is 2.38 bits per heavy atom. The van der Waals surface area contributed by atoms with Gasteiger partial charge in [0.25, 0.3) is 0 Å². The van der Waals surface area contributed by atoms with Crippen molar-refractivity contribution in [3.8, 4) is 17.6 Å². The number of carboxylic acids is 1. The Labute approximate surface area is 169 Å². The van der Waals surface area contributed by atoms with E-state index >= 15 is 0 Å². The maximum absolute atomic E-state index is 11.3. The third-order valence-corrected chi connectivity index (χ3v) is 4.57. The summed E-state index contributed by atoms with van der Waals surface area (Å²) in [5, 5.41) is 20.1. The van der Waals surface area contributed by atoms with Gasteiger partial charge < -0.3 is 14.6 Å². The van der Waals surface area contributed by atoms with E-state index in [1.54, 1.807) is 12.1 Å². The number of ether oxygens (including phenoxy) is 2. The van der Waals surface area contributed by atoms with Crippen LogP contribution in [0.3, 0.4) is 0 Å². The van der Waals surface area contributed by atoms with Gasteiger partial charge in [0, 0.05) is 5.56 Å². The second-order valence-corrected chi connectivity index (χ2v) is 6.59. The molecule has 146 valence electrons. The third kappa shape index (κ3) is 4.56. The monoisotopic (exact) mass is 387 g/mol. The Morgan fingerprint density at radius 2 is 1.69 bits per heavy atom. The van der Waals surface area contributed by atoms with Crippen LogP contribution in [0.2, 0.25) is 0 Å². The van der Waals surface area contributed by atoms with Crippen molar-refractivity contribution in [3.63, 3.8) is 0 Å². The van der Waals surface area contributed by atoms with Crippen LogP contribution in [0.1, 0.15) is 16.7 Å². The van der Waals surface area contributed by atoms with Gasteiger partial charge in [0.15, 0.2) is 0 Å². The van der Waals surface area contributed by atoms with E-state index < -0.39 is 5.97 Å². The van der Waals surface area contributed by atoms with Crippen LogP contribution in [-0.4, -0.2) is 24.3 Å². The number of hydrogen-bond donors (Lipinski definition) is 1. The lowest BCUT2D eigenvalue weighted by Crippen LogP contribution is -2.11. The molecule has 0 aliphatic rings. The van der Waals surface area contributed by atoms with Crippen LogP contribution in [-0.2, 0) is 4.79 Å². The predicted molar refractivity (Wildman–Crippen MR) is 112 cm³/mol. The fraction of sp³-hybridized carbons (Fsp3) is 0.167. The lowest BCUT2D eigenvalue weighted by atomic mass is 10.0. The van der Waals surface area contributed by atoms with Gasteiger partial charge in [-0.25, -0.2) is 4.79 Å². The highest BCUT2D eigenvalue weighted by molar-refractivity contribution is 6.01. The van der Waals surface area contributed by atoms with Gasteiger partial charge >= 0.3 is 5.97 Å². The maximum atomic E-state index is 11.3. The molecule has 0 saturated carbocycles. The van der Waals surface area contributed by atoms with Gasteiger partial charge in [-0.3, -0.25) is 0 Å². The first-order chi connectivity index (χ1) is 14.0. The summed E-state index contributed by atoms with van der Waals surface area (Å²) in [6.45, 7) is 4.60. The Kier molecular flexibility index (Phi) is 6.16. The summed E-state index contributed by atoms with van der Waals surface area (Å²) in [5.41, 5.74) is 2.33. The van der Waals surface area contributed by atoms with Crippen molar-refractivity contribution >= 4 is 22.8 Å². The number of rotatable bonds is 7. The van der Waals surface area contributed by atoms with Crippen molar-refractivity contribution < 1.29 is 19.4 Å². The molecular weight excluding hydrogens is 366 g/mol. The van der Waals surface area contributed by atoms with Crippen LogP contribution in [0, 0.1) is 25.2 Å². The minimum atomic E-state index is -1.27. The molecule has 3 rings (SSSR count). The summed E-state index contributed by atoms with van der Waals surface area (Å²) in [4.78, 5) is 11.3. The molecule has 0 spiro atoms. The van der Waals surface area contributed by atoms with Gasteiger partial charge in [-0.05, 0) is 47.9 Å². The number of nitriles is 1. The van der Waals surface area contributed by atoms with Crippen molar-refractivity contribution in [2.24, 2.45) is 0 Å². The van der Waals surface area contributed by atoms with Gasteiger partial charge in [-0.1, -0.05) is 48.5 Å². The van der Waals surface area contributed by atoms with Crippen molar-refractivity contribution in [1.82, 2.24) is 0 Å². The molecule has 1 N–H and O–H groups in total. The molecule has 5 nitrogen and oxygen atoms in total. The highest BCUT2D eigenvalue weighted by Crippen LogP contribution is 2.30. The van der Waals surface area contributed by atoms with E-state index in [-0.39, 0.29) is 12.2 Å². The lowest BCUT2D eigenvalue weighted by molar-refractivity contribution is -0.132. The molecule has 0 unspecified atom stereocenters. The SMILES string of the molecule is Cc1cccc(C)c1OCCOc1ccc2ccccc2c1C=C(C#N)C(=O)O. The molecule has 0 amide bonds. The van der Waals surface area contributed by atoms with Crippen LogP contribution >= 0.6 is 0 Å². The second-order valence-electron chi connectivity index (χ2n) is 6.59. The van der Waals surface area contributed by atoms with E-state index in [9.17, 15) is 9.90 Å². The molecule has 0 atom stereocenters. The molecular formula is C24H21NO4. The molecule has 0 bridgehead atoms. The minimum Gasteiger partial charge on any atom is -0.489 e. The molecule has 29 heavy (non-hydrogen) atoms. The molecule has 0 aromatic heterocycles. The largest absolute Gasteiger partial charge is 0.489 e. The number of aliphatic carboxylic acids is 1. The highest BCUT2D eigenvalue weighted by atomic mass is 16.5. The number of fused-ring (bicyclic) bond motifs is 1. The normalized spacial score (nSPS) is 11.1. The average Bonchev–Trinajstić information content (AvgIpc) is 2.71. The van der Waals surface area contributed by atoms with Crippen molar-refractivity contribution in [3.05, 3.63) is 76.9 Å². The number of carboxylic acid groups (broad SMARTS) is 1. The number of para-hydroxylation sites is 1. The fourth-order valence-electron chi connectivity index (χ4n) is 3.16. The topological polar surface area (TPSA) is 79.5 Å². The summed E-state index contributed by atoms with van der Waals surface area (Å²) in [6.07, 6.45) is 1.35. The third-order valence-electron chi connectivity index (χ3n) is 4.57. The van der Waals surface area contributed by atoms with Crippen LogP contribution in [0.4, 0.5) is 0 Å². The zero-order chi connectivity index (χ0) is 20.8. The second kappa shape index (κ2) is 8.94. The number of carbonyl (C=O) groups is 1. The molecule has 0 heterocycles. The maximum Gasteiger partial charge on any atom is 0.346 e. The van der Waals surface area contributed by atoms with Gasteiger partial charge in [0.1, 0.15) is 36.4 Å². The minimum absolute atomic E-state index is 0.280. The molecule has 0 aliphatic heterocycles. The van der Waals surface area contributed by atoms with Crippen molar-refractivity contribution in [2.45, 2.75) is 13.8 Å². The van der Waals surface area contributed by atoms with Crippen LogP contribution in [0.25, 0.3) is 16.8 Å². The van der Waals surface area contributed by atoms with E-state index in [0.717, 1.165) is 27.6 Å². The predicted octanol–water partition coefficient (Wildman–Crippen LogP) is 4.91. The molecule has 0 saturated heterocycles. The highest BCUT2D eigenvalue weighted by Gasteiger charge is 2.12. The summed E-state index contributed by atoms with van der Waals surface area (Å²) < 4.78 is 11.8. The zero-order valence-electron chi connectivity index (χ0n) is 16.3.